The summed E-state index contributed by atoms with van der Waals surface area (Å²) in [6.45, 7) is 3.46. The molecule has 5 nitrogen and oxygen atoms in total. The van der Waals surface area contributed by atoms with E-state index in [-0.39, 0.29) is 18.6 Å². The Kier molecular flexibility index (Phi) is 7.01. The van der Waals surface area contributed by atoms with Crippen LogP contribution in [0, 0.1) is 5.92 Å². The number of ether oxygens (including phenoxy) is 2. The number of hydrogen-bond acceptors (Lipinski definition) is 4. The Morgan fingerprint density at radius 3 is 2.67 bits per heavy atom. The summed E-state index contributed by atoms with van der Waals surface area (Å²) >= 11 is 12.4. The molecule has 0 aromatic heterocycles. The van der Waals surface area contributed by atoms with Crippen molar-refractivity contribution in [3.8, 4) is 0 Å². The molecule has 1 aliphatic carbocycles. The molecule has 1 heterocycles. The third kappa shape index (κ3) is 5.15. The quantitative estimate of drug-likeness (QED) is 0.592. The van der Waals surface area contributed by atoms with Gasteiger partial charge < -0.3 is 14.4 Å². The lowest BCUT2D eigenvalue weighted by molar-refractivity contribution is -0.156. The van der Waals surface area contributed by atoms with Crippen LogP contribution in [0.4, 0.5) is 0 Å². The molecule has 3 rings (SSSR count). The van der Waals surface area contributed by atoms with Crippen molar-refractivity contribution < 1.29 is 19.1 Å². The third-order valence-electron chi connectivity index (χ3n) is 5.06. The average molecular weight is 414 g/mol. The standard InChI is InChI=1S/C20H25Cl2NO4/c1-2-27-20(25)19(16-7-4-14(21)11-17(16)22)23(15-5-6-15)18(24)8-3-13-9-10-26-12-13/h4,7,11,13,15,19H,2-3,5-6,8-10,12H2,1H3/t13-,19-/m0/s1. The Morgan fingerprint density at radius 1 is 1.30 bits per heavy atom. The van der Waals surface area contributed by atoms with Crippen molar-refractivity contribution in [2.45, 2.75) is 51.1 Å². The Hall–Kier alpha value is -1.30. The van der Waals surface area contributed by atoms with Crippen LogP contribution in [0.25, 0.3) is 0 Å². The Balaban J connectivity index is 1.84. The number of nitrogens with zero attached hydrogens (tertiary/aromatic N) is 1. The molecule has 7 heteroatoms. The number of carbonyl (C=O) groups is 2. The summed E-state index contributed by atoms with van der Waals surface area (Å²) in [5.74, 6) is -0.0743. The van der Waals surface area contributed by atoms with Crippen LogP contribution in [0.15, 0.2) is 18.2 Å². The van der Waals surface area contributed by atoms with Gasteiger partial charge in [0.15, 0.2) is 6.04 Å². The van der Waals surface area contributed by atoms with Crippen LogP contribution in [-0.2, 0) is 19.1 Å². The zero-order valence-corrected chi connectivity index (χ0v) is 17.0. The number of amides is 1. The van der Waals surface area contributed by atoms with Crippen molar-refractivity contribution in [3.63, 3.8) is 0 Å². The van der Waals surface area contributed by atoms with E-state index in [1.165, 1.54) is 0 Å². The SMILES string of the molecule is CCOC(=O)[C@H](c1ccc(Cl)cc1Cl)N(C(=O)CC[C@H]1CCOC1)C1CC1. The van der Waals surface area contributed by atoms with Crippen LogP contribution in [-0.4, -0.2) is 42.6 Å². The number of halogens is 2. The molecule has 0 bridgehead atoms. The molecule has 1 amide bonds. The Bertz CT molecular complexity index is 687. The fourth-order valence-corrected chi connectivity index (χ4v) is 4.03. The Morgan fingerprint density at radius 2 is 2.07 bits per heavy atom. The summed E-state index contributed by atoms with van der Waals surface area (Å²) < 4.78 is 10.7. The van der Waals surface area contributed by atoms with Crippen LogP contribution in [0.3, 0.4) is 0 Å². The molecule has 0 N–H and O–H groups in total. The molecule has 1 saturated carbocycles. The molecule has 27 heavy (non-hydrogen) atoms. The number of esters is 1. The maximum Gasteiger partial charge on any atom is 0.333 e. The van der Waals surface area contributed by atoms with Crippen molar-refractivity contribution in [1.29, 1.82) is 0 Å². The van der Waals surface area contributed by atoms with Gasteiger partial charge in [0, 0.05) is 41.3 Å². The maximum absolute atomic E-state index is 13.1. The molecule has 0 spiro atoms. The Labute approximate surface area is 169 Å². The van der Waals surface area contributed by atoms with Gasteiger partial charge in [-0.1, -0.05) is 29.3 Å². The molecule has 2 aliphatic rings. The highest BCUT2D eigenvalue weighted by Gasteiger charge is 2.42. The lowest BCUT2D eigenvalue weighted by Crippen LogP contribution is -2.41. The highest BCUT2D eigenvalue weighted by Crippen LogP contribution is 2.39. The summed E-state index contributed by atoms with van der Waals surface area (Å²) in [4.78, 5) is 27.6. The molecule has 0 radical (unpaired) electrons. The minimum absolute atomic E-state index is 0.0338. The molecule has 148 valence electrons. The first-order valence-corrected chi connectivity index (χ1v) is 10.3. The van der Waals surface area contributed by atoms with Crippen LogP contribution >= 0.6 is 23.2 Å². The summed E-state index contributed by atoms with van der Waals surface area (Å²) in [6.07, 6.45) is 3.93. The molecule has 1 aromatic rings. The summed E-state index contributed by atoms with van der Waals surface area (Å²) in [6, 6.07) is 4.20. The highest BCUT2D eigenvalue weighted by molar-refractivity contribution is 6.35. The largest absolute Gasteiger partial charge is 0.464 e. The van der Waals surface area contributed by atoms with Crippen molar-refractivity contribution >= 4 is 35.1 Å². The van der Waals surface area contributed by atoms with Gasteiger partial charge in [0.2, 0.25) is 5.91 Å². The predicted octanol–water partition coefficient (Wildman–Crippen LogP) is 4.41. The average Bonchev–Trinajstić information content (AvgIpc) is 3.32. The third-order valence-corrected chi connectivity index (χ3v) is 5.63. The predicted molar refractivity (Wildman–Crippen MR) is 104 cm³/mol. The summed E-state index contributed by atoms with van der Waals surface area (Å²) in [7, 11) is 0. The minimum Gasteiger partial charge on any atom is -0.464 e. The number of rotatable bonds is 8. The van der Waals surface area contributed by atoms with Gasteiger partial charge in [0.1, 0.15) is 0 Å². The normalized spacial score (nSPS) is 20.3. The topological polar surface area (TPSA) is 55.8 Å². The molecule has 1 saturated heterocycles. The van der Waals surface area contributed by atoms with Crippen molar-refractivity contribution in [1.82, 2.24) is 4.90 Å². The van der Waals surface area contributed by atoms with Gasteiger partial charge in [-0.15, -0.1) is 0 Å². The van der Waals surface area contributed by atoms with Crippen LogP contribution in [0.1, 0.15) is 50.6 Å². The van der Waals surface area contributed by atoms with Gasteiger partial charge in [-0.3, -0.25) is 4.79 Å². The second kappa shape index (κ2) is 9.26. The zero-order chi connectivity index (χ0) is 19.4. The maximum atomic E-state index is 13.1. The number of benzene rings is 1. The van der Waals surface area contributed by atoms with E-state index < -0.39 is 12.0 Å². The molecule has 2 atom stereocenters. The van der Waals surface area contributed by atoms with E-state index in [4.69, 9.17) is 32.7 Å². The number of hydrogen-bond donors (Lipinski definition) is 0. The molecule has 0 unspecified atom stereocenters. The van der Waals surface area contributed by atoms with E-state index in [2.05, 4.69) is 0 Å². The fraction of sp³-hybridized carbons (Fsp3) is 0.600. The molecular formula is C20H25Cl2NO4. The molecular weight excluding hydrogens is 389 g/mol. The van der Waals surface area contributed by atoms with E-state index in [9.17, 15) is 9.59 Å². The molecule has 1 aromatic carbocycles. The first-order valence-electron chi connectivity index (χ1n) is 9.51. The van der Waals surface area contributed by atoms with Crippen molar-refractivity contribution in [2.75, 3.05) is 19.8 Å². The van der Waals surface area contributed by atoms with Gasteiger partial charge >= 0.3 is 5.97 Å². The van der Waals surface area contributed by atoms with E-state index in [0.29, 0.717) is 34.6 Å². The van der Waals surface area contributed by atoms with Gasteiger partial charge in [0.05, 0.1) is 6.61 Å². The smallest absolute Gasteiger partial charge is 0.333 e. The second-order valence-electron chi connectivity index (χ2n) is 7.12. The molecule has 1 aliphatic heterocycles. The summed E-state index contributed by atoms with van der Waals surface area (Å²) in [5, 5.41) is 0.847. The highest BCUT2D eigenvalue weighted by atomic mass is 35.5. The number of carbonyl (C=O) groups excluding carboxylic acids is 2. The lowest BCUT2D eigenvalue weighted by atomic mass is 10.0. The van der Waals surface area contributed by atoms with Gasteiger partial charge in [-0.2, -0.15) is 0 Å². The minimum atomic E-state index is -0.838. The van der Waals surface area contributed by atoms with Gasteiger partial charge in [0.25, 0.3) is 0 Å². The fourth-order valence-electron chi connectivity index (χ4n) is 3.51. The second-order valence-corrected chi connectivity index (χ2v) is 7.96. The van der Waals surface area contributed by atoms with Gasteiger partial charge in [-0.25, -0.2) is 4.79 Å². The van der Waals surface area contributed by atoms with Crippen LogP contribution in [0.2, 0.25) is 10.0 Å². The van der Waals surface area contributed by atoms with E-state index in [0.717, 1.165) is 32.3 Å². The van der Waals surface area contributed by atoms with Gasteiger partial charge in [-0.05, 0) is 50.7 Å². The van der Waals surface area contributed by atoms with E-state index >= 15 is 0 Å². The van der Waals surface area contributed by atoms with Crippen LogP contribution < -0.4 is 0 Å². The monoisotopic (exact) mass is 413 g/mol. The summed E-state index contributed by atoms with van der Waals surface area (Å²) in [5.41, 5.74) is 0.559. The van der Waals surface area contributed by atoms with E-state index in [1.807, 2.05) is 0 Å². The van der Waals surface area contributed by atoms with Crippen molar-refractivity contribution in [2.24, 2.45) is 5.92 Å². The lowest BCUT2D eigenvalue weighted by Gasteiger charge is -2.31. The first-order chi connectivity index (χ1) is 13.0. The van der Waals surface area contributed by atoms with Crippen molar-refractivity contribution in [3.05, 3.63) is 33.8 Å². The van der Waals surface area contributed by atoms with Crippen LogP contribution in [0.5, 0.6) is 0 Å². The zero-order valence-electron chi connectivity index (χ0n) is 15.5. The van der Waals surface area contributed by atoms with E-state index in [1.54, 1.807) is 30.0 Å². The first kappa shape index (κ1) is 20.4. The molecule has 2 fully saturated rings.